The Labute approximate surface area is 140 Å². The molecule has 2 rings (SSSR count). The number of nitrogens with two attached hydrogens (primary N) is 1. The minimum atomic E-state index is -3.42. The molecule has 22 heavy (non-hydrogen) atoms. The first kappa shape index (κ1) is 19.4. The summed E-state index contributed by atoms with van der Waals surface area (Å²) in [5, 5.41) is 0. The molecule has 4 nitrogen and oxygen atoms in total. The highest BCUT2D eigenvalue weighted by molar-refractivity contribution is 7.89. The van der Waals surface area contributed by atoms with E-state index in [0.29, 0.717) is 10.8 Å². The van der Waals surface area contributed by atoms with E-state index >= 15 is 0 Å². The minimum absolute atomic E-state index is 0. The van der Waals surface area contributed by atoms with Gasteiger partial charge in [-0.25, -0.2) is 13.1 Å². The van der Waals surface area contributed by atoms with Crippen molar-refractivity contribution in [2.45, 2.75) is 68.8 Å². The molecule has 0 spiro atoms. The third-order valence-corrected chi connectivity index (χ3v) is 6.00. The number of benzene rings is 1. The Morgan fingerprint density at radius 3 is 2.23 bits per heavy atom. The van der Waals surface area contributed by atoms with Crippen molar-refractivity contribution in [3.05, 3.63) is 29.8 Å². The van der Waals surface area contributed by atoms with E-state index < -0.39 is 10.0 Å². The summed E-state index contributed by atoms with van der Waals surface area (Å²) in [5.74, 6) is 0.453. The van der Waals surface area contributed by atoms with Gasteiger partial charge in [-0.15, -0.1) is 12.4 Å². The van der Waals surface area contributed by atoms with Crippen LogP contribution in [0.5, 0.6) is 0 Å². The van der Waals surface area contributed by atoms with Crippen LogP contribution in [0.1, 0.15) is 57.4 Å². The van der Waals surface area contributed by atoms with Gasteiger partial charge in [0.15, 0.2) is 0 Å². The number of nitrogens with one attached hydrogen (secondary N) is 1. The first-order valence-corrected chi connectivity index (χ1v) is 9.28. The zero-order valence-electron chi connectivity index (χ0n) is 13.3. The van der Waals surface area contributed by atoms with Gasteiger partial charge in [0, 0.05) is 12.1 Å². The summed E-state index contributed by atoms with van der Waals surface area (Å²) < 4.78 is 27.6. The van der Waals surface area contributed by atoms with Gasteiger partial charge in [-0.1, -0.05) is 26.0 Å². The van der Waals surface area contributed by atoms with Gasteiger partial charge in [0.05, 0.1) is 4.90 Å². The van der Waals surface area contributed by atoms with Crippen molar-refractivity contribution in [2.24, 2.45) is 5.73 Å². The number of halogens is 1. The quantitative estimate of drug-likeness (QED) is 0.860. The largest absolute Gasteiger partial charge is 0.328 e. The van der Waals surface area contributed by atoms with E-state index in [1.54, 1.807) is 12.1 Å². The monoisotopic (exact) mass is 346 g/mol. The molecule has 0 heterocycles. The molecule has 1 saturated carbocycles. The number of hydrogen-bond acceptors (Lipinski definition) is 3. The van der Waals surface area contributed by atoms with Crippen LogP contribution in [0.25, 0.3) is 0 Å². The zero-order chi connectivity index (χ0) is 15.5. The Bertz CT molecular complexity index is 552. The first-order valence-electron chi connectivity index (χ1n) is 7.80. The highest BCUT2D eigenvalue weighted by Gasteiger charge is 2.24. The van der Waals surface area contributed by atoms with Crippen LogP contribution in [0, 0.1) is 0 Å². The Morgan fingerprint density at radius 1 is 1.18 bits per heavy atom. The van der Waals surface area contributed by atoms with Crippen LogP contribution >= 0.6 is 12.4 Å². The lowest BCUT2D eigenvalue weighted by Gasteiger charge is -2.26. The SMILES string of the molecule is CCC(C)c1ccc(S(=O)(=O)NC2CCC(N)CC2)cc1.Cl. The fourth-order valence-electron chi connectivity index (χ4n) is 2.74. The molecule has 1 aliphatic rings. The lowest BCUT2D eigenvalue weighted by molar-refractivity contribution is 0.373. The van der Waals surface area contributed by atoms with E-state index in [2.05, 4.69) is 18.6 Å². The van der Waals surface area contributed by atoms with Crippen molar-refractivity contribution >= 4 is 22.4 Å². The maximum Gasteiger partial charge on any atom is 0.240 e. The Morgan fingerprint density at radius 2 is 1.73 bits per heavy atom. The molecule has 1 aromatic rings. The molecule has 0 amide bonds. The van der Waals surface area contributed by atoms with Crippen LogP contribution in [-0.2, 0) is 10.0 Å². The van der Waals surface area contributed by atoms with Gasteiger partial charge in [-0.2, -0.15) is 0 Å². The fraction of sp³-hybridized carbons (Fsp3) is 0.625. The smallest absolute Gasteiger partial charge is 0.240 e. The molecule has 1 atom stereocenters. The zero-order valence-corrected chi connectivity index (χ0v) is 14.9. The van der Waals surface area contributed by atoms with Crippen molar-refractivity contribution in [1.29, 1.82) is 0 Å². The predicted molar refractivity (Wildman–Crippen MR) is 92.9 cm³/mol. The molecule has 1 fully saturated rings. The predicted octanol–water partition coefficient (Wildman–Crippen LogP) is 3.17. The lowest BCUT2D eigenvalue weighted by Crippen LogP contribution is -2.40. The minimum Gasteiger partial charge on any atom is -0.328 e. The second-order valence-electron chi connectivity index (χ2n) is 6.11. The van der Waals surface area contributed by atoms with Gasteiger partial charge in [-0.3, -0.25) is 0 Å². The molecule has 126 valence electrons. The van der Waals surface area contributed by atoms with Crippen LogP contribution < -0.4 is 10.5 Å². The van der Waals surface area contributed by atoms with Gasteiger partial charge in [0.2, 0.25) is 10.0 Å². The van der Waals surface area contributed by atoms with E-state index in [0.717, 1.165) is 32.1 Å². The van der Waals surface area contributed by atoms with Crippen molar-refractivity contribution in [3.8, 4) is 0 Å². The standard InChI is InChI=1S/C16H26N2O2S.ClH/c1-3-12(2)13-4-10-16(11-5-13)21(19,20)18-15-8-6-14(17)7-9-15;/h4-5,10-12,14-15,18H,3,6-9,17H2,1-2H3;1H. The molecular formula is C16H27ClN2O2S. The molecular weight excluding hydrogens is 320 g/mol. The summed E-state index contributed by atoms with van der Waals surface area (Å²) in [5.41, 5.74) is 7.03. The van der Waals surface area contributed by atoms with Crippen molar-refractivity contribution in [1.82, 2.24) is 4.72 Å². The molecule has 0 aliphatic heterocycles. The van der Waals surface area contributed by atoms with E-state index in [4.69, 9.17) is 5.73 Å². The van der Waals surface area contributed by atoms with E-state index in [9.17, 15) is 8.42 Å². The van der Waals surface area contributed by atoms with Crippen molar-refractivity contribution in [3.63, 3.8) is 0 Å². The number of rotatable bonds is 5. The van der Waals surface area contributed by atoms with Gasteiger partial charge in [-0.05, 0) is 55.7 Å². The molecule has 1 aliphatic carbocycles. The van der Waals surface area contributed by atoms with Gasteiger partial charge in [0.25, 0.3) is 0 Å². The molecule has 0 saturated heterocycles. The van der Waals surface area contributed by atoms with Crippen LogP contribution in [0.4, 0.5) is 0 Å². The summed E-state index contributed by atoms with van der Waals surface area (Å²) in [4.78, 5) is 0.351. The third kappa shape index (κ3) is 4.95. The summed E-state index contributed by atoms with van der Waals surface area (Å²) in [6.45, 7) is 4.28. The normalized spacial score (nSPS) is 23.6. The molecule has 3 N–H and O–H groups in total. The highest BCUT2D eigenvalue weighted by Crippen LogP contribution is 2.22. The molecule has 0 bridgehead atoms. The van der Waals surface area contributed by atoms with Crippen LogP contribution in [-0.4, -0.2) is 20.5 Å². The van der Waals surface area contributed by atoms with Gasteiger partial charge in [0.1, 0.15) is 0 Å². The maximum absolute atomic E-state index is 12.4. The Balaban J connectivity index is 0.00000242. The number of hydrogen-bond donors (Lipinski definition) is 2. The van der Waals surface area contributed by atoms with Gasteiger partial charge < -0.3 is 5.73 Å². The molecule has 0 radical (unpaired) electrons. The van der Waals surface area contributed by atoms with Crippen molar-refractivity contribution < 1.29 is 8.42 Å². The Kier molecular flexibility index (Phi) is 7.32. The van der Waals surface area contributed by atoms with Crippen LogP contribution in [0.15, 0.2) is 29.2 Å². The maximum atomic E-state index is 12.4. The lowest BCUT2D eigenvalue weighted by atomic mass is 9.93. The van der Waals surface area contributed by atoms with Crippen molar-refractivity contribution in [2.75, 3.05) is 0 Å². The Hall–Kier alpha value is -0.620. The molecule has 1 aromatic carbocycles. The summed E-state index contributed by atoms with van der Waals surface area (Å²) >= 11 is 0. The van der Waals surface area contributed by atoms with E-state index in [1.165, 1.54) is 5.56 Å². The van der Waals surface area contributed by atoms with Crippen LogP contribution in [0.3, 0.4) is 0 Å². The highest BCUT2D eigenvalue weighted by atomic mass is 35.5. The summed E-state index contributed by atoms with van der Waals surface area (Å²) in [7, 11) is -3.42. The molecule has 1 unspecified atom stereocenters. The second kappa shape index (κ2) is 8.29. The number of sulfonamides is 1. The average Bonchev–Trinajstić information content (AvgIpc) is 2.49. The van der Waals surface area contributed by atoms with E-state index in [-0.39, 0.29) is 24.5 Å². The average molecular weight is 347 g/mol. The second-order valence-corrected chi connectivity index (χ2v) is 7.83. The topological polar surface area (TPSA) is 72.2 Å². The summed E-state index contributed by atoms with van der Waals surface area (Å²) in [6, 6.07) is 7.49. The molecule has 0 aromatic heterocycles. The third-order valence-electron chi connectivity index (χ3n) is 4.47. The summed E-state index contributed by atoms with van der Waals surface area (Å²) in [6.07, 6.45) is 4.48. The van der Waals surface area contributed by atoms with E-state index in [1.807, 2.05) is 12.1 Å². The van der Waals surface area contributed by atoms with Gasteiger partial charge >= 0.3 is 0 Å². The van der Waals surface area contributed by atoms with Crippen LogP contribution in [0.2, 0.25) is 0 Å². The first-order chi connectivity index (χ1) is 9.92. The molecule has 6 heteroatoms. The fourth-order valence-corrected chi connectivity index (χ4v) is 4.04.